The summed E-state index contributed by atoms with van der Waals surface area (Å²) < 4.78 is 4.62. The molecule has 0 rings (SSSR count). The van der Waals surface area contributed by atoms with Crippen molar-refractivity contribution in [3.05, 3.63) is 0 Å². The molecule has 1 amide bonds. The predicted octanol–water partition coefficient (Wildman–Crippen LogP) is 1.56. The lowest BCUT2D eigenvalue weighted by Crippen LogP contribution is -2.48. The highest BCUT2D eigenvalue weighted by molar-refractivity contribution is 5.81. The molecule has 0 heterocycles. The predicted molar refractivity (Wildman–Crippen MR) is 75.9 cm³/mol. The first-order valence-electron chi connectivity index (χ1n) is 7.07. The van der Waals surface area contributed by atoms with Gasteiger partial charge in [-0.05, 0) is 26.8 Å². The monoisotopic (exact) mass is 272 g/mol. The van der Waals surface area contributed by atoms with Crippen LogP contribution in [0.3, 0.4) is 0 Å². The molecule has 2 atom stereocenters. The molecule has 0 aromatic rings. The zero-order valence-electron chi connectivity index (χ0n) is 12.9. The Bertz CT molecular complexity index is 282. The highest BCUT2D eigenvalue weighted by Crippen LogP contribution is 2.03. The zero-order valence-corrected chi connectivity index (χ0v) is 12.9. The lowest BCUT2D eigenvalue weighted by Gasteiger charge is -2.27. The highest BCUT2D eigenvalue weighted by atomic mass is 16.5. The van der Waals surface area contributed by atoms with Crippen LogP contribution in [0.1, 0.15) is 47.0 Å². The Hall–Kier alpha value is -1.10. The second-order valence-electron chi connectivity index (χ2n) is 4.83. The molecular formula is C14H28N2O3. The topological polar surface area (TPSA) is 58.6 Å². The molecule has 0 spiro atoms. The number of likely N-dealkylation sites (N-methyl/N-ethyl adjacent to an activating group) is 1. The average molecular weight is 272 g/mol. The van der Waals surface area contributed by atoms with Gasteiger partial charge in [0.05, 0.1) is 19.6 Å². The van der Waals surface area contributed by atoms with Crippen LogP contribution in [0.5, 0.6) is 0 Å². The first kappa shape index (κ1) is 17.9. The van der Waals surface area contributed by atoms with Crippen molar-refractivity contribution >= 4 is 11.9 Å². The zero-order chi connectivity index (χ0) is 14.8. The summed E-state index contributed by atoms with van der Waals surface area (Å²) in [5.41, 5.74) is 0. The van der Waals surface area contributed by atoms with Gasteiger partial charge in [-0.2, -0.15) is 0 Å². The van der Waals surface area contributed by atoms with E-state index in [0.717, 1.165) is 19.4 Å². The smallest absolute Gasteiger partial charge is 0.306 e. The molecule has 0 radical (unpaired) electrons. The summed E-state index contributed by atoms with van der Waals surface area (Å²) in [5, 5.41) is 3.00. The van der Waals surface area contributed by atoms with Crippen molar-refractivity contribution in [2.75, 3.05) is 20.2 Å². The van der Waals surface area contributed by atoms with Gasteiger partial charge >= 0.3 is 5.97 Å². The van der Waals surface area contributed by atoms with Crippen LogP contribution in [-0.2, 0) is 14.3 Å². The minimum absolute atomic E-state index is 0.0210. The quantitative estimate of drug-likeness (QED) is 0.647. The minimum Gasteiger partial charge on any atom is -0.469 e. The summed E-state index contributed by atoms with van der Waals surface area (Å²) in [5.74, 6) is -0.224. The maximum absolute atomic E-state index is 12.1. The lowest BCUT2D eigenvalue weighted by atomic mass is 10.1. The van der Waals surface area contributed by atoms with E-state index in [4.69, 9.17) is 0 Å². The Labute approximate surface area is 116 Å². The first-order chi connectivity index (χ1) is 8.96. The molecule has 0 bridgehead atoms. The van der Waals surface area contributed by atoms with Crippen LogP contribution < -0.4 is 5.32 Å². The summed E-state index contributed by atoms with van der Waals surface area (Å²) in [7, 11) is 1.38. The fraction of sp³-hybridized carbons (Fsp3) is 0.857. The van der Waals surface area contributed by atoms with Crippen molar-refractivity contribution in [1.82, 2.24) is 10.2 Å². The molecule has 0 aliphatic rings. The standard InChI is InChI=1S/C14H28N2O3/c1-6-8-11(3)15-14(18)12(4)16(7-2)10-9-13(17)19-5/h11-12H,6-10H2,1-5H3,(H,15,18). The van der Waals surface area contributed by atoms with Gasteiger partial charge in [0.2, 0.25) is 5.91 Å². The molecule has 5 heteroatoms. The van der Waals surface area contributed by atoms with Crippen LogP contribution in [0.4, 0.5) is 0 Å². The van der Waals surface area contributed by atoms with E-state index in [1.165, 1.54) is 7.11 Å². The number of hydrogen-bond acceptors (Lipinski definition) is 4. The number of esters is 1. The molecule has 0 aromatic carbocycles. The van der Waals surface area contributed by atoms with Gasteiger partial charge in [0, 0.05) is 12.6 Å². The summed E-state index contributed by atoms with van der Waals surface area (Å²) in [6.07, 6.45) is 2.34. The van der Waals surface area contributed by atoms with E-state index in [9.17, 15) is 9.59 Å². The number of ether oxygens (including phenoxy) is 1. The number of nitrogens with zero attached hydrogens (tertiary/aromatic N) is 1. The largest absolute Gasteiger partial charge is 0.469 e. The van der Waals surface area contributed by atoms with Crippen molar-refractivity contribution in [2.45, 2.75) is 59.0 Å². The van der Waals surface area contributed by atoms with Crippen LogP contribution in [0.15, 0.2) is 0 Å². The third kappa shape index (κ3) is 7.15. The van der Waals surface area contributed by atoms with E-state index < -0.39 is 0 Å². The molecule has 112 valence electrons. The number of amides is 1. The Kier molecular flexibility index (Phi) is 9.21. The third-order valence-corrected chi connectivity index (χ3v) is 3.27. The Morgan fingerprint density at radius 3 is 2.37 bits per heavy atom. The first-order valence-corrected chi connectivity index (χ1v) is 7.07. The van der Waals surface area contributed by atoms with Crippen LogP contribution in [0.25, 0.3) is 0 Å². The minimum atomic E-state index is -0.245. The van der Waals surface area contributed by atoms with Crippen molar-refractivity contribution in [2.24, 2.45) is 0 Å². The number of methoxy groups -OCH3 is 1. The number of rotatable bonds is 9. The molecule has 19 heavy (non-hydrogen) atoms. The summed E-state index contributed by atoms with van der Waals surface area (Å²) in [6.45, 7) is 9.23. The van der Waals surface area contributed by atoms with Gasteiger partial charge < -0.3 is 10.1 Å². The van der Waals surface area contributed by atoms with Gasteiger partial charge in [-0.1, -0.05) is 20.3 Å². The van der Waals surface area contributed by atoms with E-state index in [-0.39, 0.29) is 24.0 Å². The van der Waals surface area contributed by atoms with E-state index in [1.54, 1.807) is 0 Å². The second-order valence-corrected chi connectivity index (χ2v) is 4.83. The van der Waals surface area contributed by atoms with Crippen LogP contribution in [0.2, 0.25) is 0 Å². The van der Waals surface area contributed by atoms with Crippen molar-refractivity contribution in [1.29, 1.82) is 0 Å². The maximum atomic E-state index is 12.1. The van der Waals surface area contributed by atoms with E-state index in [2.05, 4.69) is 17.0 Å². The number of carbonyl (C=O) groups excluding carboxylic acids is 2. The fourth-order valence-corrected chi connectivity index (χ4v) is 2.00. The molecule has 1 N–H and O–H groups in total. The summed E-state index contributed by atoms with van der Waals surface area (Å²) >= 11 is 0. The average Bonchev–Trinajstić information content (AvgIpc) is 2.38. The fourth-order valence-electron chi connectivity index (χ4n) is 2.00. The summed E-state index contributed by atoms with van der Waals surface area (Å²) in [4.78, 5) is 25.2. The van der Waals surface area contributed by atoms with Gasteiger partial charge in [0.25, 0.3) is 0 Å². The molecule has 0 aliphatic carbocycles. The molecule has 0 fully saturated rings. The van der Waals surface area contributed by atoms with E-state index >= 15 is 0 Å². The van der Waals surface area contributed by atoms with Gasteiger partial charge in [-0.15, -0.1) is 0 Å². The normalized spacial score (nSPS) is 14.0. The van der Waals surface area contributed by atoms with Gasteiger partial charge in [0.1, 0.15) is 0 Å². The molecule has 2 unspecified atom stereocenters. The maximum Gasteiger partial charge on any atom is 0.306 e. The van der Waals surface area contributed by atoms with Gasteiger partial charge in [-0.25, -0.2) is 0 Å². The molecule has 0 saturated carbocycles. The molecule has 0 aliphatic heterocycles. The SMILES string of the molecule is CCCC(C)NC(=O)C(C)N(CC)CCC(=O)OC. The second kappa shape index (κ2) is 9.78. The van der Waals surface area contributed by atoms with Crippen LogP contribution >= 0.6 is 0 Å². The lowest BCUT2D eigenvalue weighted by molar-refractivity contribution is -0.141. The third-order valence-electron chi connectivity index (χ3n) is 3.27. The molecular weight excluding hydrogens is 244 g/mol. The Morgan fingerprint density at radius 2 is 1.89 bits per heavy atom. The van der Waals surface area contributed by atoms with Gasteiger partial charge in [0.15, 0.2) is 0 Å². The number of nitrogens with one attached hydrogen (secondary N) is 1. The Balaban J connectivity index is 4.28. The van der Waals surface area contributed by atoms with Crippen molar-refractivity contribution in [3.63, 3.8) is 0 Å². The summed E-state index contributed by atoms with van der Waals surface area (Å²) in [6, 6.07) is -0.0341. The van der Waals surface area contributed by atoms with E-state index in [1.807, 2.05) is 25.7 Å². The molecule has 5 nitrogen and oxygen atoms in total. The Morgan fingerprint density at radius 1 is 1.26 bits per heavy atom. The molecule has 0 aromatic heterocycles. The van der Waals surface area contributed by atoms with E-state index in [0.29, 0.717) is 13.0 Å². The highest BCUT2D eigenvalue weighted by Gasteiger charge is 2.21. The van der Waals surface area contributed by atoms with Crippen molar-refractivity contribution in [3.8, 4) is 0 Å². The number of carbonyl (C=O) groups is 2. The molecule has 0 saturated heterocycles. The number of hydrogen-bond donors (Lipinski definition) is 1. The van der Waals surface area contributed by atoms with Gasteiger partial charge in [-0.3, -0.25) is 14.5 Å². The van der Waals surface area contributed by atoms with Crippen molar-refractivity contribution < 1.29 is 14.3 Å². The van der Waals surface area contributed by atoms with Crippen LogP contribution in [-0.4, -0.2) is 49.1 Å². The van der Waals surface area contributed by atoms with Crippen LogP contribution in [0, 0.1) is 0 Å².